The molecular formula is C41H60N4O7S2. The third kappa shape index (κ3) is 10.5. The summed E-state index contributed by atoms with van der Waals surface area (Å²) in [4.78, 5) is 48.5. The Morgan fingerprint density at radius 3 is 2.37 bits per heavy atom. The number of aliphatic imine (C=N–C) groups is 1. The summed E-state index contributed by atoms with van der Waals surface area (Å²) in [7, 11) is -4.28. The highest BCUT2D eigenvalue weighted by Gasteiger charge is 2.55. The minimum atomic E-state index is -4.28. The van der Waals surface area contributed by atoms with E-state index in [0.29, 0.717) is 23.1 Å². The summed E-state index contributed by atoms with van der Waals surface area (Å²) < 4.78 is 41.3. The van der Waals surface area contributed by atoms with Crippen LogP contribution < -0.4 is 5.32 Å². The third-order valence-electron chi connectivity index (χ3n) is 9.85. The van der Waals surface area contributed by atoms with Gasteiger partial charge in [0.05, 0.1) is 11.4 Å². The van der Waals surface area contributed by atoms with E-state index in [1.807, 2.05) is 18.2 Å². The Morgan fingerprint density at radius 2 is 1.72 bits per heavy atom. The molecule has 4 rings (SSSR count). The lowest BCUT2D eigenvalue weighted by atomic mass is 9.87. The molecule has 13 heteroatoms. The van der Waals surface area contributed by atoms with Crippen LogP contribution in [0.25, 0.3) is 0 Å². The molecule has 0 bridgehead atoms. The highest BCUT2D eigenvalue weighted by Crippen LogP contribution is 2.37. The smallest absolute Gasteiger partial charge is 0.418 e. The Kier molecular flexibility index (Phi) is 15.2. The van der Waals surface area contributed by atoms with E-state index in [2.05, 4.69) is 46.9 Å². The maximum atomic E-state index is 14.8. The maximum Gasteiger partial charge on any atom is 0.418 e. The lowest BCUT2D eigenvalue weighted by Gasteiger charge is -2.35. The van der Waals surface area contributed by atoms with Crippen molar-refractivity contribution < 1.29 is 32.3 Å². The Morgan fingerprint density at radius 1 is 1.00 bits per heavy atom. The minimum Gasteiger partial charge on any atom is -0.433 e. The molecule has 2 unspecified atom stereocenters. The number of para-hydroxylation sites is 1. The summed E-state index contributed by atoms with van der Waals surface area (Å²) >= 11 is 1.62. The summed E-state index contributed by atoms with van der Waals surface area (Å²) in [6.07, 6.45) is 7.85. The van der Waals surface area contributed by atoms with E-state index in [4.69, 9.17) is 14.5 Å². The van der Waals surface area contributed by atoms with Gasteiger partial charge in [0.1, 0.15) is 4.90 Å². The average molecular weight is 785 g/mol. The largest absolute Gasteiger partial charge is 0.433 e. The summed E-state index contributed by atoms with van der Waals surface area (Å²) in [6.45, 7) is 16.3. The van der Waals surface area contributed by atoms with E-state index in [1.165, 1.54) is 26.0 Å². The number of nitrogens with one attached hydrogen (secondary N) is 1. The van der Waals surface area contributed by atoms with Gasteiger partial charge in [-0.15, -0.1) is 11.8 Å². The third-order valence-corrected chi connectivity index (χ3v) is 12.9. The molecule has 1 saturated heterocycles. The van der Waals surface area contributed by atoms with Gasteiger partial charge in [-0.25, -0.2) is 23.1 Å². The van der Waals surface area contributed by atoms with Crippen LogP contribution in [0.5, 0.6) is 0 Å². The lowest BCUT2D eigenvalue weighted by Crippen LogP contribution is -2.59. The van der Waals surface area contributed by atoms with Gasteiger partial charge in [-0.1, -0.05) is 98.3 Å². The number of hydrogen-bond acceptors (Lipinski definition) is 9. The first-order valence-corrected chi connectivity index (χ1v) is 21.9. The van der Waals surface area contributed by atoms with Crippen LogP contribution in [0.3, 0.4) is 0 Å². The molecule has 0 aromatic heterocycles. The molecule has 298 valence electrons. The number of benzene rings is 2. The summed E-state index contributed by atoms with van der Waals surface area (Å²) in [5.74, 6) is -0.576. The van der Waals surface area contributed by atoms with Crippen LogP contribution in [0, 0.1) is 5.92 Å². The number of unbranched alkanes of at least 4 members (excludes halogenated alkanes) is 4. The lowest BCUT2D eigenvalue weighted by molar-refractivity contribution is -0.137. The number of ether oxygens (including phenoxy) is 2. The first-order valence-electron chi connectivity index (χ1n) is 19.5. The van der Waals surface area contributed by atoms with Gasteiger partial charge >= 0.3 is 6.09 Å². The zero-order valence-corrected chi connectivity index (χ0v) is 35.0. The standard InChI is InChI=1S/C41H60N4O7S2/c1-9-12-14-17-26-53-33-23-22-30(40(4,5)6)27-32(33)43-37(46)35(45-38(47)41(7,8)52-39(45)48)36-42-31-20-15-16-21-34(31)54(49,50)44(36)24-18-25-51-28-29(11-3)19-13-10-2/h15-16,20-23,27,29,35H,9-14,17-19,24-26,28H2,1-8H3,(H,43,46). The molecule has 2 aliphatic rings. The quantitative estimate of drug-likeness (QED) is 0.104. The molecule has 1 fully saturated rings. The molecule has 2 atom stereocenters. The van der Waals surface area contributed by atoms with Crippen LogP contribution in [0.2, 0.25) is 0 Å². The molecule has 2 aliphatic heterocycles. The number of amidine groups is 1. The van der Waals surface area contributed by atoms with Gasteiger partial charge in [-0.2, -0.15) is 0 Å². The number of cyclic esters (lactones) is 1. The second-order valence-electron chi connectivity index (χ2n) is 15.7. The van der Waals surface area contributed by atoms with Crippen molar-refractivity contribution in [2.45, 2.75) is 140 Å². The normalized spacial score (nSPS) is 17.5. The highest BCUT2D eigenvalue weighted by atomic mass is 32.2. The molecule has 11 nitrogen and oxygen atoms in total. The number of sulfonamides is 1. The molecule has 3 amide bonds. The fourth-order valence-electron chi connectivity index (χ4n) is 6.47. The number of hydrogen-bond donors (Lipinski definition) is 1. The molecule has 0 spiro atoms. The summed E-state index contributed by atoms with van der Waals surface area (Å²) in [6, 6.07) is 10.4. The molecule has 0 radical (unpaired) electrons. The predicted molar refractivity (Wildman–Crippen MR) is 216 cm³/mol. The molecule has 2 aromatic rings. The SMILES string of the molecule is CCCCCCSc1ccc(C(C)(C)C)cc1NC(=O)C(C1=Nc2ccccc2S(=O)(=O)N1CCCOCC(CC)CCCC)N1C(=O)OC(C)(C)C1=O. The molecule has 54 heavy (non-hydrogen) atoms. The number of rotatable bonds is 20. The molecular weight excluding hydrogens is 725 g/mol. The number of amides is 3. The second kappa shape index (κ2) is 18.9. The summed E-state index contributed by atoms with van der Waals surface area (Å²) in [5, 5.41) is 3.01. The number of nitrogens with zero attached hydrogens (tertiary/aromatic N) is 3. The van der Waals surface area contributed by atoms with Crippen LogP contribution in [-0.4, -0.2) is 78.5 Å². The highest BCUT2D eigenvalue weighted by molar-refractivity contribution is 7.99. The van der Waals surface area contributed by atoms with Crippen molar-refractivity contribution in [3.63, 3.8) is 0 Å². The van der Waals surface area contributed by atoms with Crippen molar-refractivity contribution >= 4 is 56.9 Å². The Balaban J connectivity index is 1.76. The minimum absolute atomic E-state index is 0.0327. The van der Waals surface area contributed by atoms with Crippen molar-refractivity contribution in [2.75, 3.05) is 30.8 Å². The van der Waals surface area contributed by atoms with Crippen LogP contribution in [0.4, 0.5) is 16.2 Å². The van der Waals surface area contributed by atoms with E-state index in [1.54, 1.807) is 23.9 Å². The molecule has 1 N–H and O–H groups in total. The van der Waals surface area contributed by atoms with Gasteiger partial charge in [-0.3, -0.25) is 13.9 Å². The van der Waals surface area contributed by atoms with Gasteiger partial charge in [0.2, 0.25) is 0 Å². The van der Waals surface area contributed by atoms with Crippen LogP contribution in [0.1, 0.15) is 119 Å². The van der Waals surface area contributed by atoms with Crippen molar-refractivity contribution in [3.8, 4) is 0 Å². The Bertz CT molecular complexity index is 1770. The monoisotopic (exact) mass is 784 g/mol. The number of imide groups is 1. The van der Waals surface area contributed by atoms with E-state index in [-0.39, 0.29) is 41.4 Å². The summed E-state index contributed by atoms with van der Waals surface area (Å²) in [5.41, 5.74) is -0.253. The number of carbonyl (C=O) groups is 3. The average Bonchev–Trinajstić information content (AvgIpc) is 3.32. The second-order valence-corrected chi connectivity index (χ2v) is 18.6. The molecule has 2 heterocycles. The Labute approximate surface area is 327 Å². The maximum absolute atomic E-state index is 14.8. The predicted octanol–water partition coefficient (Wildman–Crippen LogP) is 9.08. The van der Waals surface area contributed by atoms with Crippen molar-refractivity contribution in [3.05, 3.63) is 48.0 Å². The van der Waals surface area contributed by atoms with Crippen molar-refractivity contribution in [1.29, 1.82) is 0 Å². The van der Waals surface area contributed by atoms with Crippen molar-refractivity contribution in [1.82, 2.24) is 9.21 Å². The van der Waals surface area contributed by atoms with Crippen molar-refractivity contribution in [2.24, 2.45) is 10.9 Å². The van der Waals surface area contributed by atoms with E-state index in [0.717, 1.165) is 71.9 Å². The fourth-order valence-corrected chi connectivity index (χ4v) is 9.09. The van der Waals surface area contributed by atoms with Crippen LogP contribution >= 0.6 is 11.8 Å². The zero-order valence-electron chi connectivity index (χ0n) is 33.4. The van der Waals surface area contributed by atoms with E-state index in [9.17, 15) is 22.8 Å². The van der Waals surface area contributed by atoms with Gasteiger partial charge < -0.3 is 14.8 Å². The first-order chi connectivity index (χ1) is 25.6. The first kappa shape index (κ1) is 43.3. The zero-order chi connectivity index (χ0) is 39.7. The number of thioether (sulfide) groups is 1. The van der Waals surface area contributed by atoms with Crippen LogP contribution in [-0.2, 0) is 34.5 Å². The van der Waals surface area contributed by atoms with Gasteiger partial charge in [-0.05, 0) is 80.0 Å². The molecule has 0 saturated carbocycles. The fraction of sp³-hybridized carbons (Fsp3) is 0.610. The Hall–Kier alpha value is -3.42. The number of fused-ring (bicyclic) bond motifs is 1. The van der Waals surface area contributed by atoms with E-state index >= 15 is 0 Å². The van der Waals surface area contributed by atoms with Gasteiger partial charge in [0.25, 0.3) is 21.8 Å². The number of anilines is 1. The number of carbonyl (C=O) groups excluding carboxylic acids is 3. The topological polar surface area (TPSA) is 135 Å². The van der Waals surface area contributed by atoms with Gasteiger partial charge in [0.15, 0.2) is 17.5 Å². The van der Waals surface area contributed by atoms with Gasteiger partial charge in [0, 0.05) is 24.7 Å². The van der Waals surface area contributed by atoms with E-state index < -0.39 is 39.6 Å². The molecule has 0 aliphatic carbocycles. The molecule has 2 aromatic carbocycles. The van der Waals surface area contributed by atoms with Crippen LogP contribution in [0.15, 0.2) is 57.2 Å².